The summed E-state index contributed by atoms with van der Waals surface area (Å²) >= 11 is 16.2. The summed E-state index contributed by atoms with van der Waals surface area (Å²) in [4.78, 5) is 21.2. The third-order valence-electron chi connectivity index (χ3n) is 1.64. The van der Waals surface area contributed by atoms with Gasteiger partial charge in [-0.1, -0.05) is 34.8 Å². The number of carbonyl (C=O) groups excluding carboxylic acids is 2. The van der Waals surface area contributed by atoms with Crippen LogP contribution in [0.25, 0.3) is 0 Å². The highest BCUT2D eigenvalue weighted by atomic mass is 35.6. The maximum Gasteiger partial charge on any atom is 0.307 e. The van der Waals surface area contributed by atoms with E-state index in [4.69, 9.17) is 34.8 Å². The first-order valence-electron chi connectivity index (χ1n) is 3.29. The number of hydrogen-bond donors (Lipinski definition) is 0. The lowest BCUT2D eigenvalue weighted by molar-refractivity contribution is -0.312. The van der Waals surface area contributed by atoms with Crippen molar-refractivity contribution in [3.8, 4) is 0 Å². The van der Waals surface area contributed by atoms with E-state index in [1.165, 1.54) is 0 Å². The molecule has 13 heavy (non-hydrogen) atoms. The van der Waals surface area contributed by atoms with E-state index in [9.17, 15) is 14.7 Å². The SMILES string of the molecule is O=C1C[C@@H](C(=O)[O-])[C@@H](C(Cl)(Cl)Cl)O1. The lowest BCUT2D eigenvalue weighted by atomic mass is 10.0. The van der Waals surface area contributed by atoms with Gasteiger partial charge in [0.1, 0.15) is 0 Å². The molecule has 1 aliphatic heterocycles. The van der Waals surface area contributed by atoms with Crippen LogP contribution in [0.4, 0.5) is 0 Å². The van der Waals surface area contributed by atoms with Gasteiger partial charge in [0, 0.05) is 5.97 Å². The minimum absolute atomic E-state index is 0.319. The van der Waals surface area contributed by atoms with Crippen LogP contribution < -0.4 is 5.11 Å². The number of ether oxygens (including phenoxy) is 1. The van der Waals surface area contributed by atoms with Crippen molar-refractivity contribution in [3.63, 3.8) is 0 Å². The first kappa shape index (κ1) is 10.9. The first-order valence-corrected chi connectivity index (χ1v) is 4.43. The van der Waals surface area contributed by atoms with Crippen molar-refractivity contribution in [3.05, 3.63) is 0 Å². The van der Waals surface area contributed by atoms with Crippen LogP contribution in [-0.2, 0) is 14.3 Å². The number of carbonyl (C=O) groups is 2. The number of esters is 1. The van der Waals surface area contributed by atoms with Gasteiger partial charge in [-0.15, -0.1) is 0 Å². The maximum atomic E-state index is 10.7. The molecule has 0 radical (unpaired) electrons. The van der Waals surface area contributed by atoms with Gasteiger partial charge in [0.25, 0.3) is 0 Å². The van der Waals surface area contributed by atoms with Gasteiger partial charge in [-0.25, -0.2) is 0 Å². The molecule has 0 amide bonds. The molecule has 1 aliphatic rings. The summed E-state index contributed by atoms with van der Waals surface area (Å²) in [7, 11) is 0. The fraction of sp³-hybridized carbons (Fsp3) is 0.667. The molecule has 0 aromatic carbocycles. The minimum atomic E-state index is -1.93. The smallest absolute Gasteiger partial charge is 0.307 e. The lowest BCUT2D eigenvalue weighted by Gasteiger charge is -2.24. The molecule has 0 saturated carbocycles. The Bertz CT molecular complexity index is 247. The van der Waals surface area contributed by atoms with E-state index in [1.807, 2.05) is 0 Å². The largest absolute Gasteiger partial charge is 0.550 e. The quantitative estimate of drug-likeness (QED) is 0.484. The molecule has 0 aromatic heterocycles. The Morgan fingerprint density at radius 1 is 1.54 bits per heavy atom. The summed E-state index contributed by atoms with van der Waals surface area (Å²) < 4.78 is 2.61. The molecule has 0 spiro atoms. The Morgan fingerprint density at radius 3 is 2.38 bits per heavy atom. The van der Waals surface area contributed by atoms with Crippen LogP contribution in [0, 0.1) is 5.92 Å². The number of aliphatic carboxylic acids is 1. The molecule has 0 aliphatic carbocycles. The second-order valence-corrected chi connectivity index (χ2v) is 4.95. The van der Waals surface area contributed by atoms with Crippen LogP contribution in [-0.4, -0.2) is 21.8 Å². The van der Waals surface area contributed by atoms with Crippen molar-refractivity contribution < 1.29 is 19.4 Å². The fourth-order valence-corrected chi connectivity index (χ4v) is 1.65. The molecule has 0 aromatic rings. The topological polar surface area (TPSA) is 66.4 Å². The zero-order valence-corrected chi connectivity index (χ0v) is 8.40. The molecule has 74 valence electrons. The highest BCUT2D eigenvalue weighted by Crippen LogP contribution is 2.40. The van der Waals surface area contributed by atoms with Crippen molar-refractivity contribution in [2.24, 2.45) is 5.92 Å². The van der Waals surface area contributed by atoms with Crippen molar-refractivity contribution in [1.82, 2.24) is 0 Å². The van der Waals surface area contributed by atoms with Gasteiger partial charge in [0.15, 0.2) is 6.10 Å². The first-order chi connectivity index (χ1) is 5.82. The molecule has 0 bridgehead atoms. The van der Waals surface area contributed by atoms with E-state index in [2.05, 4.69) is 4.74 Å². The van der Waals surface area contributed by atoms with Crippen LogP contribution in [0.3, 0.4) is 0 Å². The predicted octanol–water partition coefficient (Wildman–Crippen LogP) is 0.0382. The van der Waals surface area contributed by atoms with Crippen molar-refractivity contribution in [2.75, 3.05) is 0 Å². The highest BCUT2D eigenvalue weighted by molar-refractivity contribution is 6.68. The molecule has 7 heteroatoms. The van der Waals surface area contributed by atoms with Crippen LogP contribution in [0.15, 0.2) is 0 Å². The van der Waals surface area contributed by atoms with E-state index in [0.29, 0.717) is 0 Å². The number of cyclic esters (lactones) is 1. The Morgan fingerprint density at radius 2 is 2.08 bits per heavy atom. The summed E-state index contributed by atoms with van der Waals surface area (Å²) in [6.07, 6.45) is -1.59. The average Bonchev–Trinajstić information content (AvgIpc) is 2.29. The predicted molar refractivity (Wildman–Crippen MR) is 43.3 cm³/mol. The van der Waals surface area contributed by atoms with Crippen LogP contribution in [0.1, 0.15) is 6.42 Å². The number of halogens is 3. The number of rotatable bonds is 1. The second kappa shape index (κ2) is 3.52. The number of carboxylic acid groups (broad SMARTS) is 1. The summed E-state index contributed by atoms with van der Waals surface area (Å²) in [5.41, 5.74) is 0. The Balaban J connectivity index is 2.84. The van der Waals surface area contributed by atoms with E-state index >= 15 is 0 Å². The van der Waals surface area contributed by atoms with Crippen molar-refractivity contribution in [1.29, 1.82) is 0 Å². The van der Waals surface area contributed by atoms with E-state index in [0.717, 1.165) is 0 Å². The summed E-state index contributed by atoms with van der Waals surface area (Å²) in [6.45, 7) is 0. The van der Waals surface area contributed by atoms with Crippen LogP contribution in [0.2, 0.25) is 0 Å². The van der Waals surface area contributed by atoms with Gasteiger partial charge in [-0.2, -0.15) is 0 Å². The van der Waals surface area contributed by atoms with E-state index in [1.54, 1.807) is 0 Å². The van der Waals surface area contributed by atoms with Gasteiger partial charge in [-0.05, 0) is 0 Å². The Hall–Kier alpha value is -0.190. The molecule has 0 N–H and O–H groups in total. The van der Waals surface area contributed by atoms with Crippen LogP contribution in [0.5, 0.6) is 0 Å². The van der Waals surface area contributed by atoms with Gasteiger partial charge in [0.2, 0.25) is 3.79 Å². The summed E-state index contributed by atoms with van der Waals surface area (Å²) in [5, 5.41) is 10.5. The monoisotopic (exact) mass is 245 g/mol. The summed E-state index contributed by atoms with van der Waals surface area (Å²) in [6, 6.07) is 0. The highest BCUT2D eigenvalue weighted by Gasteiger charge is 2.47. The lowest BCUT2D eigenvalue weighted by Crippen LogP contribution is -2.41. The zero-order chi connectivity index (χ0) is 10.2. The fourth-order valence-electron chi connectivity index (χ4n) is 1.06. The second-order valence-electron chi connectivity index (χ2n) is 2.58. The van der Waals surface area contributed by atoms with E-state index < -0.39 is 27.8 Å². The van der Waals surface area contributed by atoms with E-state index in [-0.39, 0.29) is 6.42 Å². The Labute approximate surface area is 88.7 Å². The number of hydrogen-bond acceptors (Lipinski definition) is 4. The zero-order valence-electron chi connectivity index (χ0n) is 6.13. The number of carboxylic acids is 1. The molecular formula is C6H4Cl3O4-. The number of alkyl halides is 3. The van der Waals surface area contributed by atoms with Crippen molar-refractivity contribution >= 4 is 46.7 Å². The van der Waals surface area contributed by atoms with Gasteiger partial charge in [-0.3, -0.25) is 4.79 Å². The minimum Gasteiger partial charge on any atom is -0.550 e. The normalized spacial score (nSPS) is 28.7. The molecule has 2 atom stereocenters. The molecule has 1 fully saturated rings. The van der Waals surface area contributed by atoms with Gasteiger partial charge in [0.05, 0.1) is 12.3 Å². The standard InChI is InChI=1S/C6H5Cl3O4/c7-6(8,9)4-2(5(11)12)1-3(10)13-4/h2,4H,1H2,(H,11,12)/p-1/t2-,4+/m1/s1. The van der Waals surface area contributed by atoms with Gasteiger partial charge >= 0.3 is 5.97 Å². The maximum absolute atomic E-state index is 10.7. The third kappa shape index (κ3) is 2.39. The van der Waals surface area contributed by atoms with Crippen molar-refractivity contribution in [2.45, 2.75) is 16.3 Å². The molecule has 1 saturated heterocycles. The molecule has 1 heterocycles. The molecular weight excluding hydrogens is 242 g/mol. The third-order valence-corrected chi connectivity index (χ3v) is 2.28. The average molecular weight is 246 g/mol. The van der Waals surface area contributed by atoms with Gasteiger partial charge < -0.3 is 14.6 Å². The molecule has 1 rings (SSSR count). The molecule has 0 unspecified atom stereocenters. The Kier molecular flexibility index (Phi) is 2.95. The molecule has 4 nitrogen and oxygen atoms in total. The summed E-state index contributed by atoms with van der Waals surface area (Å²) in [5.74, 6) is -3.35. The van der Waals surface area contributed by atoms with Crippen LogP contribution >= 0.6 is 34.8 Å².